The van der Waals surface area contributed by atoms with Crippen LogP contribution < -0.4 is 0 Å². The molecule has 5 nitrogen and oxygen atoms in total. The Hall–Kier alpha value is -0.650. The van der Waals surface area contributed by atoms with E-state index in [1.165, 1.54) is 0 Å². The number of hydrogen-bond donors (Lipinski definition) is 2. The topological polar surface area (TPSA) is 70.0 Å². The van der Waals surface area contributed by atoms with Gasteiger partial charge in [0.25, 0.3) is 5.91 Å². The summed E-state index contributed by atoms with van der Waals surface area (Å²) in [6, 6.07) is 0. The summed E-state index contributed by atoms with van der Waals surface area (Å²) in [5.74, 6) is 0.607. The van der Waals surface area contributed by atoms with Gasteiger partial charge in [0.2, 0.25) is 0 Å². The molecule has 7 atom stereocenters. The van der Waals surface area contributed by atoms with Crippen LogP contribution in [-0.2, 0) is 9.63 Å². The molecule has 2 saturated carbocycles. The highest BCUT2D eigenvalue weighted by atomic mass is 16.8. The quantitative estimate of drug-likeness (QED) is 0.762. The second kappa shape index (κ2) is 5.67. The molecule has 1 aliphatic heterocycles. The van der Waals surface area contributed by atoms with Crippen molar-refractivity contribution in [3.63, 3.8) is 0 Å². The van der Waals surface area contributed by atoms with Gasteiger partial charge in [-0.25, -0.2) is 4.84 Å². The zero-order chi connectivity index (χ0) is 18.9. The average Bonchev–Trinajstić information content (AvgIpc) is 2.59. The number of fused-ring (bicyclic) bond motifs is 4. The molecule has 25 heavy (non-hydrogen) atoms. The Kier molecular flexibility index (Phi) is 4.34. The maximum absolute atomic E-state index is 12.7. The molecule has 0 spiro atoms. The van der Waals surface area contributed by atoms with Gasteiger partial charge in [0.1, 0.15) is 0 Å². The molecule has 144 valence electrons. The van der Waals surface area contributed by atoms with Crippen molar-refractivity contribution >= 4 is 5.91 Å². The summed E-state index contributed by atoms with van der Waals surface area (Å²) in [6.45, 7) is 14.7. The van der Waals surface area contributed by atoms with E-state index >= 15 is 0 Å². The molecule has 0 aromatic heterocycles. The molecular weight excluding hydrogens is 318 g/mol. The van der Waals surface area contributed by atoms with Crippen LogP contribution in [0.3, 0.4) is 0 Å². The van der Waals surface area contributed by atoms with Crippen molar-refractivity contribution in [3.05, 3.63) is 0 Å². The summed E-state index contributed by atoms with van der Waals surface area (Å²) < 4.78 is 0. The molecule has 0 aromatic rings. The molecule has 3 fully saturated rings. The van der Waals surface area contributed by atoms with E-state index in [0.717, 1.165) is 24.3 Å². The monoisotopic (exact) mass is 353 g/mol. The van der Waals surface area contributed by atoms with Gasteiger partial charge < -0.3 is 10.2 Å². The molecule has 0 aromatic carbocycles. The first-order valence-corrected chi connectivity index (χ1v) is 9.64. The average molecular weight is 354 g/mol. The van der Waals surface area contributed by atoms with E-state index in [4.69, 9.17) is 4.84 Å². The molecule has 0 radical (unpaired) electrons. The highest BCUT2D eigenvalue weighted by Crippen LogP contribution is 2.63. The normalized spacial score (nSPS) is 38.4. The SMILES string of the molecule is CC(C)(C)CC(C)(C(O)ON1C(=O)C2C3CCC3C2C1O)C(C)(C)C. The van der Waals surface area contributed by atoms with Gasteiger partial charge in [-0.1, -0.05) is 48.5 Å². The zero-order valence-electron chi connectivity index (χ0n) is 16.7. The summed E-state index contributed by atoms with van der Waals surface area (Å²) in [7, 11) is 0. The minimum atomic E-state index is -1.15. The van der Waals surface area contributed by atoms with Gasteiger partial charge in [-0.05, 0) is 41.9 Å². The standard InChI is InChI=1S/C20H35NO4/c1-18(2,3)10-20(7,19(4,5)6)17(24)25-21-15(22)13-11-8-9-12(11)14(13)16(21)23/h11-15,17,22,24H,8-10H2,1-7H3. The third-order valence-electron chi connectivity index (χ3n) is 7.21. The summed E-state index contributed by atoms with van der Waals surface area (Å²) >= 11 is 0. The van der Waals surface area contributed by atoms with E-state index < -0.39 is 17.9 Å². The number of carbonyl (C=O) groups is 1. The minimum Gasteiger partial charge on any atom is -0.371 e. The third-order valence-corrected chi connectivity index (χ3v) is 7.21. The van der Waals surface area contributed by atoms with Crippen LogP contribution in [0.15, 0.2) is 0 Å². The molecule has 2 aliphatic carbocycles. The van der Waals surface area contributed by atoms with Gasteiger partial charge in [0, 0.05) is 11.3 Å². The zero-order valence-corrected chi connectivity index (χ0v) is 16.7. The number of nitrogens with zero attached hydrogens (tertiary/aromatic N) is 1. The van der Waals surface area contributed by atoms with Crippen LogP contribution in [0.1, 0.15) is 67.7 Å². The summed E-state index contributed by atoms with van der Waals surface area (Å²) in [5, 5.41) is 22.7. The maximum atomic E-state index is 12.7. The van der Waals surface area contributed by atoms with Gasteiger partial charge in [-0.3, -0.25) is 4.79 Å². The first-order chi connectivity index (χ1) is 11.3. The number of hydrogen-bond acceptors (Lipinski definition) is 4. The van der Waals surface area contributed by atoms with Crippen molar-refractivity contribution in [1.82, 2.24) is 5.06 Å². The molecule has 5 heteroatoms. The first-order valence-electron chi connectivity index (χ1n) is 9.64. The third kappa shape index (κ3) is 2.83. The Morgan fingerprint density at radius 1 is 1.12 bits per heavy atom. The molecule has 1 amide bonds. The van der Waals surface area contributed by atoms with Crippen LogP contribution in [0.2, 0.25) is 0 Å². The van der Waals surface area contributed by atoms with Gasteiger partial charge in [0.15, 0.2) is 12.5 Å². The van der Waals surface area contributed by atoms with Gasteiger partial charge in [-0.2, -0.15) is 5.06 Å². The number of carbonyl (C=O) groups excluding carboxylic acids is 1. The van der Waals surface area contributed by atoms with Gasteiger partial charge in [-0.15, -0.1) is 0 Å². The molecule has 3 aliphatic rings. The van der Waals surface area contributed by atoms with Crippen LogP contribution in [-0.4, -0.2) is 33.7 Å². The molecule has 1 heterocycles. The lowest BCUT2D eigenvalue weighted by Crippen LogP contribution is -2.55. The second-order valence-electron chi connectivity index (χ2n) is 10.9. The number of amides is 1. The molecule has 0 bridgehead atoms. The molecule has 3 rings (SSSR count). The van der Waals surface area contributed by atoms with E-state index in [1.54, 1.807) is 0 Å². The van der Waals surface area contributed by atoms with Crippen molar-refractivity contribution in [2.24, 2.45) is 39.9 Å². The lowest BCUT2D eigenvalue weighted by molar-refractivity contribution is -0.334. The number of rotatable bonds is 4. The Balaban J connectivity index is 1.77. The summed E-state index contributed by atoms with van der Waals surface area (Å²) in [6.07, 6.45) is 0.828. The molecule has 7 unspecified atom stereocenters. The molecule has 2 N–H and O–H groups in total. The lowest BCUT2D eigenvalue weighted by Gasteiger charge is -2.55. The highest BCUT2D eigenvalue weighted by molar-refractivity contribution is 5.83. The van der Waals surface area contributed by atoms with E-state index in [-0.39, 0.29) is 28.6 Å². The fourth-order valence-electron chi connectivity index (χ4n) is 5.23. The molecule has 1 saturated heterocycles. The number of hydroxylamine groups is 2. The Morgan fingerprint density at radius 2 is 1.68 bits per heavy atom. The smallest absolute Gasteiger partial charge is 0.252 e. The Labute approximate surface area is 151 Å². The van der Waals surface area contributed by atoms with E-state index in [1.807, 2.05) is 6.92 Å². The minimum absolute atomic E-state index is 0.00185. The predicted octanol–water partition coefficient (Wildman–Crippen LogP) is 3.16. The second-order valence-corrected chi connectivity index (χ2v) is 10.9. The Morgan fingerprint density at radius 3 is 2.08 bits per heavy atom. The van der Waals surface area contributed by atoms with Crippen molar-refractivity contribution in [3.8, 4) is 0 Å². The Bertz CT molecular complexity index is 549. The fraction of sp³-hybridized carbons (Fsp3) is 0.950. The maximum Gasteiger partial charge on any atom is 0.252 e. The van der Waals surface area contributed by atoms with Crippen molar-refractivity contribution in [1.29, 1.82) is 0 Å². The summed E-state index contributed by atoms with van der Waals surface area (Å²) in [5.41, 5.74) is -0.796. The first kappa shape index (κ1) is 19.1. The van der Waals surface area contributed by atoms with Crippen LogP contribution in [0.5, 0.6) is 0 Å². The van der Waals surface area contributed by atoms with E-state index in [2.05, 4.69) is 41.5 Å². The van der Waals surface area contributed by atoms with Gasteiger partial charge >= 0.3 is 0 Å². The van der Waals surface area contributed by atoms with E-state index in [9.17, 15) is 15.0 Å². The van der Waals surface area contributed by atoms with Crippen LogP contribution >= 0.6 is 0 Å². The van der Waals surface area contributed by atoms with Gasteiger partial charge in [0.05, 0.1) is 5.92 Å². The van der Waals surface area contributed by atoms with Crippen LogP contribution in [0.4, 0.5) is 0 Å². The highest BCUT2D eigenvalue weighted by Gasteiger charge is 2.68. The molecular formula is C20H35NO4. The number of aliphatic hydroxyl groups is 2. The van der Waals surface area contributed by atoms with Crippen molar-refractivity contribution in [2.75, 3.05) is 0 Å². The lowest BCUT2D eigenvalue weighted by atomic mass is 9.47. The van der Waals surface area contributed by atoms with E-state index in [0.29, 0.717) is 11.8 Å². The number of aliphatic hydroxyl groups excluding tert-OH is 2. The van der Waals surface area contributed by atoms with Crippen molar-refractivity contribution in [2.45, 2.75) is 80.2 Å². The van der Waals surface area contributed by atoms with Crippen LogP contribution in [0, 0.1) is 39.9 Å². The summed E-state index contributed by atoms with van der Waals surface area (Å²) in [4.78, 5) is 18.5. The fourth-order valence-corrected chi connectivity index (χ4v) is 5.23. The van der Waals surface area contributed by atoms with Crippen LogP contribution in [0.25, 0.3) is 0 Å². The van der Waals surface area contributed by atoms with Crippen molar-refractivity contribution < 1.29 is 19.8 Å². The predicted molar refractivity (Wildman–Crippen MR) is 94.8 cm³/mol. The largest absolute Gasteiger partial charge is 0.371 e.